The fourth-order valence-electron chi connectivity index (χ4n) is 4.28. The summed E-state index contributed by atoms with van der Waals surface area (Å²) < 4.78 is 12.4. The van der Waals surface area contributed by atoms with Crippen LogP contribution in [0.2, 0.25) is 0 Å². The zero-order chi connectivity index (χ0) is 24.6. The van der Waals surface area contributed by atoms with Gasteiger partial charge in [0.2, 0.25) is 0 Å². The second-order valence-electron chi connectivity index (χ2n) is 9.19. The number of hydrogen-bond acceptors (Lipinski definition) is 6. The first-order chi connectivity index (χ1) is 17.1. The molecule has 0 saturated carbocycles. The predicted molar refractivity (Wildman–Crippen MR) is 144 cm³/mol. The van der Waals surface area contributed by atoms with Gasteiger partial charge in [-0.25, -0.2) is 4.98 Å². The van der Waals surface area contributed by atoms with Crippen LogP contribution in [0.15, 0.2) is 36.4 Å². The third kappa shape index (κ3) is 6.60. The quantitative estimate of drug-likeness (QED) is 0.312. The van der Waals surface area contributed by atoms with Crippen molar-refractivity contribution in [1.29, 1.82) is 0 Å². The number of ether oxygens (including phenoxy) is 2. The van der Waals surface area contributed by atoms with E-state index in [-0.39, 0.29) is 5.91 Å². The number of morpholine rings is 1. The van der Waals surface area contributed by atoms with E-state index in [4.69, 9.17) is 14.5 Å². The molecule has 1 aliphatic heterocycles. The second-order valence-corrected chi connectivity index (χ2v) is 10.2. The Hall–Kier alpha value is -2.48. The summed E-state index contributed by atoms with van der Waals surface area (Å²) in [6.45, 7) is 12.1. The molecule has 4 rings (SSSR count). The Morgan fingerprint density at radius 1 is 1.09 bits per heavy atom. The minimum atomic E-state index is -0.0158. The van der Waals surface area contributed by atoms with Crippen LogP contribution in [-0.2, 0) is 4.74 Å². The fraction of sp³-hybridized carbons (Fsp3) is 0.500. The van der Waals surface area contributed by atoms with Crippen molar-refractivity contribution < 1.29 is 14.3 Å². The molecular formula is C28H37N3O3S. The molecule has 7 heteroatoms. The van der Waals surface area contributed by atoms with Gasteiger partial charge in [0.05, 0.1) is 30.0 Å². The lowest BCUT2D eigenvalue weighted by atomic mass is 10.1. The molecule has 0 unspecified atom stereocenters. The highest BCUT2D eigenvalue weighted by Crippen LogP contribution is 2.33. The normalized spacial score (nSPS) is 14.4. The Kier molecular flexibility index (Phi) is 9.12. The van der Waals surface area contributed by atoms with Gasteiger partial charge in [0.1, 0.15) is 5.75 Å². The number of carbonyl (C=O) groups excluding carboxylic acids is 1. The van der Waals surface area contributed by atoms with E-state index in [1.165, 1.54) is 17.5 Å². The van der Waals surface area contributed by atoms with Gasteiger partial charge in [0.15, 0.2) is 5.13 Å². The molecule has 0 N–H and O–H groups in total. The topological polar surface area (TPSA) is 54.9 Å². The molecule has 2 heterocycles. The first kappa shape index (κ1) is 25.6. The highest BCUT2D eigenvalue weighted by molar-refractivity contribution is 7.22. The van der Waals surface area contributed by atoms with Gasteiger partial charge in [-0.15, -0.1) is 0 Å². The van der Waals surface area contributed by atoms with Crippen LogP contribution >= 0.6 is 11.3 Å². The number of rotatable bonds is 11. The van der Waals surface area contributed by atoms with E-state index in [1.807, 2.05) is 29.2 Å². The Morgan fingerprint density at radius 2 is 1.86 bits per heavy atom. The van der Waals surface area contributed by atoms with Gasteiger partial charge in [0, 0.05) is 31.7 Å². The molecule has 6 nitrogen and oxygen atoms in total. The van der Waals surface area contributed by atoms with Crippen molar-refractivity contribution in [2.75, 3.05) is 50.9 Å². The van der Waals surface area contributed by atoms with E-state index >= 15 is 0 Å². The van der Waals surface area contributed by atoms with E-state index < -0.39 is 0 Å². The first-order valence-corrected chi connectivity index (χ1v) is 13.6. The summed E-state index contributed by atoms with van der Waals surface area (Å²) in [5.74, 6) is 0.792. The van der Waals surface area contributed by atoms with Crippen LogP contribution in [0.3, 0.4) is 0 Å². The largest absolute Gasteiger partial charge is 0.494 e. The molecule has 35 heavy (non-hydrogen) atoms. The first-order valence-electron chi connectivity index (χ1n) is 12.8. The average molecular weight is 496 g/mol. The standard InChI is InChI=1S/C28H37N3O3S/c1-4-5-6-18-34-24-11-9-23(10-12-24)27(32)31(15-7-14-30-16-19-33-20-17-30)28-29-26-22(3)21(2)8-13-25(26)35-28/h8-13H,4-7,14-20H2,1-3H3. The number of hydrogen-bond donors (Lipinski definition) is 0. The number of benzene rings is 2. The van der Waals surface area contributed by atoms with E-state index in [1.54, 1.807) is 11.3 Å². The molecule has 1 aliphatic rings. The molecule has 1 saturated heterocycles. The van der Waals surface area contributed by atoms with Crippen LogP contribution in [0.1, 0.15) is 54.1 Å². The smallest absolute Gasteiger partial charge is 0.260 e. The summed E-state index contributed by atoms with van der Waals surface area (Å²) in [5, 5.41) is 0.764. The van der Waals surface area contributed by atoms with Crippen molar-refractivity contribution in [2.24, 2.45) is 0 Å². The maximum Gasteiger partial charge on any atom is 0.260 e. The van der Waals surface area contributed by atoms with Gasteiger partial charge in [-0.05, 0) is 68.1 Å². The number of amides is 1. The molecule has 188 valence electrons. The fourth-order valence-corrected chi connectivity index (χ4v) is 5.33. The Balaban J connectivity index is 1.51. The Morgan fingerprint density at radius 3 is 2.60 bits per heavy atom. The highest BCUT2D eigenvalue weighted by Gasteiger charge is 2.22. The zero-order valence-corrected chi connectivity index (χ0v) is 22.0. The van der Waals surface area contributed by atoms with Crippen LogP contribution in [-0.4, -0.2) is 61.8 Å². The van der Waals surface area contributed by atoms with E-state index in [0.717, 1.165) is 73.2 Å². The zero-order valence-electron chi connectivity index (χ0n) is 21.2. The third-order valence-electron chi connectivity index (χ3n) is 6.63. The van der Waals surface area contributed by atoms with Gasteiger partial charge < -0.3 is 9.47 Å². The van der Waals surface area contributed by atoms with Crippen LogP contribution in [0.25, 0.3) is 10.2 Å². The summed E-state index contributed by atoms with van der Waals surface area (Å²) in [6, 6.07) is 11.8. The molecule has 0 spiro atoms. The molecule has 1 amide bonds. The number of nitrogens with zero attached hydrogens (tertiary/aromatic N) is 3. The summed E-state index contributed by atoms with van der Waals surface area (Å²) in [7, 11) is 0. The van der Waals surface area contributed by atoms with Crippen molar-refractivity contribution in [2.45, 2.75) is 46.5 Å². The number of aromatic nitrogens is 1. The molecule has 0 aliphatic carbocycles. The molecule has 0 bridgehead atoms. The van der Waals surface area contributed by atoms with Crippen LogP contribution in [0, 0.1) is 13.8 Å². The maximum atomic E-state index is 13.7. The van der Waals surface area contributed by atoms with Gasteiger partial charge in [-0.3, -0.25) is 14.6 Å². The van der Waals surface area contributed by atoms with E-state index in [9.17, 15) is 4.79 Å². The van der Waals surface area contributed by atoms with Crippen LogP contribution < -0.4 is 9.64 Å². The minimum absolute atomic E-state index is 0.0158. The SMILES string of the molecule is CCCCCOc1ccc(C(=O)N(CCCN2CCOCC2)c2nc3c(C)c(C)ccc3s2)cc1. The minimum Gasteiger partial charge on any atom is -0.494 e. The molecular weight excluding hydrogens is 458 g/mol. The van der Waals surface area contributed by atoms with Crippen LogP contribution in [0.4, 0.5) is 5.13 Å². The maximum absolute atomic E-state index is 13.7. The number of fused-ring (bicyclic) bond motifs is 1. The number of thiazole rings is 1. The lowest BCUT2D eigenvalue weighted by molar-refractivity contribution is 0.0376. The summed E-state index contributed by atoms with van der Waals surface area (Å²) in [6.07, 6.45) is 4.27. The van der Waals surface area contributed by atoms with Crippen molar-refractivity contribution in [3.63, 3.8) is 0 Å². The number of carbonyl (C=O) groups is 1. The van der Waals surface area contributed by atoms with Crippen molar-refractivity contribution in [3.05, 3.63) is 53.1 Å². The average Bonchev–Trinajstić information content (AvgIpc) is 3.32. The lowest BCUT2D eigenvalue weighted by Gasteiger charge is -2.27. The molecule has 1 fully saturated rings. The third-order valence-corrected chi connectivity index (χ3v) is 7.67. The highest BCUT2D eigenvalue weighted by atomic mass is 32.1. The van der Waals surface area contributed by atoms with Gasteiger partial charge in [-0.2, -0.15) is 0 Å². The predicted octanol–water partition coefficient (Wildman–Crippen LogP) is 5.85. The number of anilines is 1. The second kappa shape index (κ2) is 12.5. The molecule has 0 atom stereocenters. The monoisotopic (exact) mass is 495 g/mol. The summed E-state index contributed by atoms with van der Waals surface area (Å²) in [4.78, 5) is 22.9. The molecule has 0 radical (unpaired) electrons. The number of aryl methyl sites for hydroxylation is 2. The molecule has 1 aromatic heterocycles. The Labute approximate surface area is 212 Å². The van der Waals surface area contributed by atoms with Crippen molar-refractivity contribution >= 4 is 32.6 Å². The number of unbranched alkanes of at least 4 members (excludes halogenated alkanes) is 2. The van der Waals surface area contributed by atoms with E-state index in [2.05, 4.69) is 37.8 Å². The summed E-state index contributed by atoms with van der Waals surface area (Å²) >= 11 is 1.59. The van der Waals surface area contributed by atoms with Gasteiger partial charge >= 0.3 is 0 Å². The van der Waals surface area contributed by atoms with E-state index in [0.29, 0.717) is 18.7 Å². The van der Waals surface area contributed by atoms with Crippen molar-refractivity contribution in [1.82, 2.24) is 9.88 Å². The lowest BCUT2D eigenvalue weighted by Crippen LogP contribution is -2.39. The molecule has 3 aromatic rings. The Bertz CT molecular complexity index is 1110. The van der Waals surface area contributed by atoms with Crippen molar-refractivity contribution in [3.8, 4) is 5.75 Å². The van der Waals surface area contributed by atoms with Gasteiger partial charge in [-0.1, -0.05) is 37.2 Å². The molecule has 2 aromatic carbocycles. The summed E-state index contributed by atoms with van der Waals surface area (Å²) in [5.41, 5.74) is 4.04. The van der Waals surface area contributed by atoms with Crippen LogP contribution in [0.5, 0.6) is 5.75 Å². The van der Waals surface area contributed by atoms with Gasteiger partial charge in [0.25, 0.3) is 5.91 Å².